The van der Waals surface area contributed by atoms with Crippen LogP contribution in [0.15, 0.2) is 48.5 Å². The van der Waals surface area contributed by atoms with Crippen LogP contribution in [0.1, 0.15) is 30.1 Å². The van der Waals surface area contributed by atoms with Gasteiger partial charge < -0.3 is 40.2 Å². The molecule has 0 unspecified atom stereocenters. The van der Waals surface area contributed by atoms with Crippen molar-refractivity contribution in [3.8, 4) is 11.5 Å². The third-order valence-electron chi connectivity index (χ3n) is 5.56. The van der Waals surface area contributed by atoms with Crippen LogP contribution in [-0.4, -0.2) is 81.1 Å². The van der Waals surface area contributed by atoms with E-state index in [1.165, 1.54) is 0 Å². The molecule has 1 aromatic heterocycles. The van der Waals surface area contributed by atoms with Gasteiger partial charge in [0.1, 0.15) is 0 Å². The van der Waals surface area contributed by atoms with E-state index in [1.54, 1.807) is 26.4 Å². The van der Waals surface area contributed by atoms with Crippen LogP contribution >= 0.6 is 0 Å². The van der Waals surface area contributed by atoms with E-state index in [2.05, 4.69) is 43.1 Å². The van der Waals surface area contributed by atoms with Gasteiger partial charge in [-0.2, -0.15) is 15.0 Å². The van der Waals surface area contributed by atoms with Crippen LogP contribution in [0.5, 0.6) is 11.5 Å². The van der Waals surface area contributed by atoms with E-state index in [0.717, 1.165) is 25.1 Å². The summed E-state index contributed by atoms with van der Waals surface area (Å²) in [5, 5.41) is 12.4. The number of ether oxygens (including phenoxy) is 4. The van der Waals surface area contributed by atoms with Gasteiger partial charge in [0.25, 0.3) is 5.91 Å². The van der Waals surface area contributed by atoms with Crippen LogP contribution in [0.3, 0.4) is 0 Å². The maximum atomic E-state index is 12.0. The number of hydrogen-bond acceptors (Lipinski definition) is 11. The lowest BCUT2D eigenvalue weighted by Crippen LogP contribution is -2.27. The van der Waals surface area contributed by atoms with Crippen LogP contribution in [0.2, 0.25) is 0 Å². The average Bonchev–Trinajstić information content (AvgIpc) is 2.98. The lowest BCUT2D eigenvalue weighted by atomic mass is 10.2. The Balaban J connectivity index is 1.40. The highest BCUT2D eigenvalue weighted by Crippen LogP contribution is 2.30. The molecule has 1 amide bonds. The Morgan fingerprint density at radius 3 is 2.08 bits per heavy atom. The molecule has 12 nitrogen and oxygen atoms in total. The van der Waals surface area contributed by atoms with E-state index < -0.39 is 0 Å². The SMILES string of the molecule is CCCCNc1nc(NCCOCCOCCNC(=O)c2ccccc2)nc(Nc2ccc(OC)c(OC)c2)n1. The highest BCUT2D eigenvalue weighted by molar-refractivity contribution is 5.94. The fourth-order valence-corrected chi connectivity index (χ4v) is 3.50. The molecule has 0 aliphatic carbocycles. The second-order valence-corrected chi connectivity index (χ2v) is 8.55. The molecule has 0 spiro atoms. The first-order valence-corrected chi connectivity index (χ1v) is 13.3. The number of rotatable bonds is 19. The number of unbranched alkanes of at least 4 members (excludes halogenated alkanes) is 1. The quantitative estimate of drug-likeness (QED) is 0.161. The minimum Gasteiger partial charge on any atom is -0.493 e. The Labute approximate surface area is 235 Å². The Morgan fingerprint density at radius 2 is 1.40 bits per heavy atom. The number of nitrogens with one attached hydrogen (secondary N) is 4. The first kappa shape index (κ1) is 30.4. The zero-order valence-electron chi connectivity index (χ0n) is 23.4. The monoisotopic (exact) mass is 553 g/mol. The fourth-order valence-electron chi connectivity index (χ4n) is 3.50. The van der Waals surface area contributed by atoms with Gasteiger partial charge in [0, 0.05) is 37.0 Å². The molecule has 3 rings (SSSR count). The number of carbonyl (C=O) groups is 1. The summed E-state index contributed by atoms with van der Waals surface area (Å²) in [6.45, 7) is 5.53. The Kier molecular flexibility index (Phi) is 13.2. The van der Waals surface area contributed by atoms with Crippen LogP contribution in [-0.2, 0) is 9.47 Å². The number of amides is 1. The normalized spacial score (nSPS) is 10.6. The van der Waals surface area contributed by atoms with Crippen molar-refractivity contribution in [3.63, 3.8) is 0 Å². The summed E-state index contributed by atoms with van der Waals surface area (Å²) in [7, 11) is 3.18. The van der Waals surface area contributed by atoms with Crippen molar-refractivity contribution in [2.24, 2.45) is 0 Å². The van der Waals surface area contributed by atoms with Gasteiger partial charge in [-0.15, -0.1) is 0 Å². The number of anilines is 4. The van der Waals surface area contributed by atoms with Gasteiger partial charge in [-0.1, -0.05) is 31.5 Å². The van der Waals surface area contributed by atoms with Crippen molar-refractivity contribution in [2.75, 3.05) is 76.2 Å². The van der Waals surface area contributed by atoms with Crippen molar-refractivity contribution in [3.05, 3.63) is 54.1 Å². The molecule has 0 atom stereocenters. The molecule has 3 aromatic rings. The zero-order valence-corrected chi connectivity index (χ0v) is 23.4. The summed E-state index contributed by atoms with van der Waals surface area (Å²) < 4.78 is 21.8. The Morgan fingerprint density at radius 1 is 0.750 bits per heavy atom. The number of hydrogen-bond donors (Lipinski definition) is 4. The summed E-state index contributed by atoms with van der Waals surface area (Å²) in [4.78, 5) is 25.4. The smallest absolute Gasteiger partial charge is 0.251 e. The largest absolute Gasteiger partial charge is 0.493 e. The Hall–Kier alpha value is -4.16. The number of methoxy groups -OCH3 is 2. The van der Waals surface area contributed by atoms with Crippen LogP contribution < -0.4 is 30.7 Å². The third-order valence-corrected chi connectivity index (χ3v) is 5.56. The van der Waals surface area contributed by atoms with E-state index in [-0.39, 0.29) is 5.91 Å². The molecule has 40 heavy (non-hydrogen) atoms. The second kappa shape index (κ2) is 17.4. The van der Waals surface area contributed by atoms with Gasteiger partial charge in [-0.25, -0.2) is 0 Å². The highest BCUT2D eigenvalue weighted by atomic mass is 16.5. The fraction of sp³-hybridized carbons (Fsp3) is 0.429. The van der Waals surface area contributed by atoms with Gasteiger partial charge in [0.05, 0.1) is 40.6 Å². The Bertz CT molecular complexity index is 1170. The van der Waals surface area contributed by atoms with E-state index in [9.17, 15) is 4.79 Å². The summed E-state index contributed by atoms with van der Waals surface area (Å²) in [6, 6.07) is 14.6. The molecule has 0 radical (unpaired) electrons. The summed E-state index contributed by atoms with van der Waals surface area (Å²) >= 11 is 0. The predicted octanol–water partition coefficient (Wildman–Crippen LogP) is 3.72. The van der Waals surface area contributed by atoms with Gasteiger partial charge in [0.15, 0.2) is 11.5 Å². The van der Waals surface area contributed by atoms with E-state index in [4.69, 9.17) is 18.9 Å². The van der Waals surface area contributed by atoms with Gasteiger partial charge in [-0.3, -0.25) is 4.79 Å². The maximum absolute atomic E-state index is 12.0. The summed E-state index contributed by atoms with van der Waals surface area (Å²) in [5.41, 5.74) is 1.38. The standard InChI is InChI=1S/C28H39N7O5/c1-4-5-13-30-26-33-27(35-28(34-26)32-22-11-12-23(37-2)24(20-22)38-3)31-15-17-40-19-18-39-16-14-29-25(36)21-9-7-6-8-10-21/h6-12,20H,4-5,13-19H2,1-3H3,(H,29,36)(H3,30,31,32,33,34,35). The predicted molar refractivity (Wildman–Crippen MR) is 155 cm³/mol. The number of carbonyl (C=O) groups excluding carboxylic acids is 1. The maximum Gasteiger partial charge on any atom is 0.251 e. The van der Waals surface area contributed by atoms with Gasteiger partial charge in [-0.05, 0) is 30.7 Å². The molecule has 216 valence electrons. The van der Waals surface area contributed by atoms with Crippen molar-refractivity contribution in [2.45, 2.75) is 19.8 Å². The zero-order chi connectivity index (χ0) is 28.4. The molecule has 0 saturated carbocycles. The van der Waals surface area contributed by atoms with Crippen LogP contribution in [0.25, 0.3) is 0 Å². The molecule has 1 heterocycles. The van der Waals surface area contributed by atoms with Crippen LogP contribution in [0, 0.1) is 0 Å². The first-order chi connectivity index (χ1) is 19.6. The average molecular weight is 554 g/mol. The molecule has 0 fully saturated rings. The highest BCUT2D eigenvalue weighted by Gasteiger charge is 2.10. The molecular formula is C28H39N7O5. The van der Waals surface area contributed by atoms with Gasteiger partial charge in [0.2, 0.25) is 17.8 Å². The number of nitrogens with zero attached hydrogens (tertiary/aromatic N) is 3. The minimum atomic E-state index is -0.115. The van der Waals surface area contributed by atoms with E-state index in [1.807, 2.05) is 36.4 Å². The summed E-state index contributed by atoms with van der Waals surface area (Å²) in [6.07, 6.45) is 2.06. The lowest BCUT2D eigenvalue weighted by Gasteiger charge is -2.13. The third kappa shape index (κ3) is 10.5. The number of benzene rings is 2. The molecule has 0 saturated heterocycles. The molecule has 2 aromatic carbocycles. The molecule has 0 aliphatic rings. The first-order valence-electron chi connectivity index (χ1n) is 13.3. The van der Waals surface area contributed by atoms with Crippen molar-refractivity contribution < 1.29 is 23.7 Å². The molecule has 0 aliphatic heterocycles. The topological polar surface area (TPSA) is 141 Å². The van der Waals surface area contributed by atoms with Crippen LogP contribution in [0.4, 0.5) is 23.5 Å². The van der Waals surface area contributed by atoms with Crippen molar-refractivity contribution >= 4 is 29.4 Å². The van der Waals surface area contributed by atoms with Crippen molar-refractivity contribution in [1.29, 1.82) is 0 Å². The molecule has 0 bridgehead atoms. The minimum absolute atomic E-state index is 0.115. The lowest BCUT2D eigenvalue weighted by molar-refractivity contribution is 0.0519. The van der Waals surface area contributed by atoms with E-state index >= 15 is 0 Å². The summed E-state index contributed by atoms with van der Waals surface area (Å²) in [5.74, 6) is 2.40. The van der Waals surface area contributed by atoms with Gasteiger partial charge >= 0.3 is 0 Å². The van der Waals surface area contributed by atoms with E-state index in [0.29, 0.717) is 74.4 Å². The molecular weight excluding hydrogens is 514 g/mol. The molecule has 12 heteroatoms. The molecule has 4 N–H and O–H groups in total. The van der Waals surface area contributed by atoms with Crippen molar-refractivity contribution in [1.82, 2.24) is 20.3 Å². The second-order valence-electron chi connectivity index (χ2n) is 8.55. The number of aromatic nitrogens is 3.